The molecule has 1 N–H and O–H groups in total. The molecule has 0 spiro atoms. The highest BCUT2D eigenvalue weighted by atomic mass is 16.5. The fourth-order valence-corrected chi connectivity index (χ4v) is 2.37. The molecule has 0 saturated heterocycles. The Balaban J connectivity index is 2.53. The summed E-state index contributed by atoms with van der Waals surface area (Å²) in [6.07, 6.45) is 3.53. The quantitative estimate of drug-likeness (QED) is 0.552. The molecule has 0 aromatic rings. The van der Waals surface area contributed by atoms with Gasteiger partial charge in [-0.2, -0.15) is 0 Å². The van der Waals surface area contributed by atoms with Crippen molar-refractivity contribution in [2.24, 2.45) is 0 Å². The second-order valence-corrected chi connectivity index (χ2v) is 4.41. The van der Waals surface area contributed by atoms with Crippen molar-refractivity contribution in [1.82, 2.24) is 5.32 Å². The molecule has 0 bridgehead atoms. The van der Waals surface area contributed by atoms with Gasteiger partial charge in [-0.1, -0.05) is 0 Å². The number of ether oxygens (including phenoxy) is 3. The SMILES string of the molecule is CNC1(C(=O)OC)CCCC(OCCOC)C1. The van der Waals surface area contributed by atoms with Gasteiger partial charge < -0.3 is 19.5 Å². The monoisotopic (exact) mass is 245 g/mol. The number of esters is 1. The van der Waals surface area contributed by atoms with Gasteiger partial charge in [-0.15, -0.1) is 0 Å². The summed E-state index contributed by atoms with van der Waals surface area (Å²) in [6.45, 7) is 1.16. The fourth-order valence-electron chi connectivity index (χ4n) is 2.37. The summed E-state index contributed by atoms with van der Waals surface area (Å²) in [5.41, 5.74) is -0.579. The third-order valence-electron chi connectivity index (χ3n) is 3.40. The van der Waals surface area contributed by atoms with Gasteiger partial charge in [0.05, 0.1) is 26.4 Å². The van der Waals surface area contributed by atoms with Crippen LogP contribution in [-0.2, 0) is 19.0 Å². The van der Waals surface area contributed by atoms with Crippen LogP contribution >= 0.6 is 0 Å². The van der Waals surface area contributed by atoms with E-state index < -0.39 is 5.54 Å². The van der Waals surface area contributed by atoms with Crippen LogP contribution in [0.25, 0.3) is 0 Å². The Morgan fingerprint density at radius 1 is 1.41 bits per heavy atom. The van der Waals surface area contributed by atoms with E-state index in [0.29, 0.717) is 19.6 Å². The molecular weight excluding hydrogens is 222 g/mol. The van der Waals surface area contributed by atoms with Crippen molar-refractivity contribution in [3.05, 3.63) is 0 Å². The molecule has 0 aliphatic heterocycles. The van der Waals surface area contributed by atoms with Gasteiger partial charge in [0.25, 0.3) is 0 Å². The Bertz CT molecular complexity index is 247. The van der Waals surface area contributed by atoms with Crippen molar-refractivity contribution in [2.45, 2.75) is 37.3 Å². The van der Waals surface area contributed by atoms with E-state index in [4.69, 9.17) is 14.2 Å². The van der Waals surface area contributed by atoms with Gasteiger partial charge in [-0.25, -0.2) is 0 Å². The van der Waals surface area contributed by atoms with Crippen molar-refractivity contribution in [3.8, 4) is 0 Å². The van der Waals surface area contributed by atoms with Crippen LogP contribution in [0.2, 0.25) is 0 Å². The Kier molecular flexibility index (Phi) is 5.88. The van der Waals surface area contributed by atoms with Gasteiger partial charge in [-0.3, -0.25) is 4.79 Å². The Labute approximate surface area is 103 Å². The molecule has 2 unspecified atom stereocenters. The van der Waals surface area contributed by atoms with Crippen LogP contribution < -0.4 is 5.32 Å². The van der Waals surface area contributed by atoms with Crippen LogP contribution in [0.4, 0.5) is 0 Å². The maximum Gasteiger partial charge on any atom is 0.326 e. The van der Waals surface area contributed by atoms with E-state index in [2.05, 4.69) is 5.32 Å². The molecular formula is C12H23NO4. The minimum absolute atomic E-state index is 0.102. The number of hydrogen-bond acceptors (Lipinski definition) is 5. The van der Waals surface area contributed by atoms with Crippen LogP contribution in [0.3, 0.4) is 0 Å². The lowest BCUT2D eigenvalue weighted by Gasteiger charge is -2.38. The van der Waals surface area contributed by atoms with E-state index in [-0.39, 0.29) is 12.1 Å². The molecule has 0 amide bonds. The lowest BCUT2D eigenvalue weighted by Crippen LogP contribution is -2.55. The summed E-state index contributed by atoms with van der Waals surface area (Å²) in [5, 5.41) is 3.10. The maximum absolute atomic E-state index is 11.8. The van der Waals surface area contributed by atoms with E-state index >= 15 is 0 Å². The molecule has 1 rings (SSSR count). The summed E-state index contributed by atoms with van der Waals surface area (Å²) in [7, 11) is 4.88. The molecule has 1 aliphatic carbocycles. The van der Waals surface area contributed by atoms with E-state index in [0.717, 1.165) is 19.3 Å². The van der Waals surface area contributed by atoms with E-state index in [1.54, 1.807) is 14.2 Å². The Hall–Kier alpha value is -0.650. The first-order valence-electron chi connectivity index (χ1n) is 6.06. The summed E-state index contributed by atoms with van der Waals surface area (Å²) in [4.78, 5) is 11.8. The molecule has 1 saturated carbocycles. The van der Waals surface area contributed by atoms with Crippen molar-refractivity contribution >= 4 is 5.97 Å². The van der Waals surface area contributed by atoms with E-state index in [1.807, 2.05) is 0 Å². The number of carbonyl (C=O) groups is 1. The highest BCUT2D eigenvalue weighted by molar-refractivity contribution is 5.80. The first-order chi connectivity index (χ1) is 8.18. The number of rotatable bonds is 6. The first kappa shape index (κ1) is 14.4. The minimum Gasteiger partial charge on any atom is -0.468 e. The lowest BCUT2D eigenvalue weighted by atomic mass is 9.80. The number of hydrogen-bond donors (Lipinski definition) is 1. The van der Waals surface area contributed by atoms with Gasteiger partial charge in [0, 0.05) is 13.5 Å². The van der Waals surface area contributed by atoms with Gasteiger partial charge >= 0.3 is 5.97 Å². The third-order valence-corrected chi connectivity index (χ3v) is 3.40. The van der Waals surface area contributed by atoms with Gasteiger partial charge in [-0.05, 0) is 26.3 Å². The third kappa shape index (κ3) is 3.66. The average molecular weight is 245 g/mol. The lowest BCUT2D eigenvalue weighted by molar-refractivity contribution is -0.152. The summed E-state index contributed by atoms with van der Waals surface area (Å²) < 4.78 is 15.5. The first-order valence-corrected chi connectivity index (χ1v) is 6.06. The van der Waals surface area contributed by atoms with Crippen molar-refractivity contribution < 1.29 is 19.0 Å². The zero-order chi connectivity index (χ0) is 12.7. The number of methoxy groups -OCH3 is 2. The number of likely N-dealkylation sites (N-methyl/N-ethyl adjacent to an activating group) is 1. The smallest absolute Gasteiger partial charge is 0.326 e. The number of nitrogens with one attached hydrogen (secondary N) is 1. The summed E-state index contributed by atoms with van der Waals surface area (Å²) in [6, 6.07) is 0. The summed E-state index contributed by atoms with van der Waals surface area (Å²) in [5.74, 6) is -0.194. The van der Waals surface area contributed by atoms with E-state index in [9.17, 15) is 4.79 Å². The molecule has 1 aliphatic rings. The van der Waals surface area contributed by atoms with Crippen LogP contribution in [-0.4, -0.2) is 52.1 Å². The minimum atomic E-state index is -0.579. The van der Waals surface area contributed by atoms with Crippen LogP contribution in [0.1, 0.15) is 25.7 Å². The standard InChI is InChI=1S/C12H23NO4/c1-13-12(11(14)16-3)6-4-5-10(9-12)17-8-7-15-2/h10,13H,4-9H2,1-3H3. The van der Waals surface area contributed by atoms with Crippen molar-refractivity contribution in [3.63, 3.8) is 0 Å². The molecule has 0 aromatic heterocycles. The molecule has 5 nitrogen and oxygen atoms in total. The van der Waals surface area contributed by atoms with Crippen molar-refractivity contribution in [1.29, 1.82) is 0 Å². The molecule has 0 aromatic carbocycles. The summed E-state index contributed by atoms with van der Waals surface area (Å²) >= 11 is 0. The molecule has 1 fully saturated rings. The second kappa shape index (κ2) is 6.93. The van der Waals surface area contributed by atoms with Crippen LogP contribution in [0, 0.1) is 0 Å². The predicted octanol–water partition coefficient (Wildman–Crippen LogP) is 0.723. The van der Waals surface area contributed by atoms with Crippen molar-refractivity contribution in [2.75, 3.05) is 34.5 Å². The molecule has 0 heterocycles. The topological polar surface area (TPSA) is 56.8 Å². The van der Waals surface area contributed by atoms with E-state index in [1.165, 1.54) is 7.11 Å². The van der Waals surface area contributed by atoms with Crippen LogP contribution in [0.5, 0.6) is 0 Å². The Morgan fingerprint density at radius 3 is 2.76 bits per heavy atom. The highest BCUT2D eigenvalue weighted by Gasteiger charge is 2.42. The normalized spacial score (nSPS) is 29.0. The zero-order valence-corrected chi connectivity index (χ0v) is 11.0. The van der Waals surface area contributed by atoms with Gasteiger partial charge in [0.2, 0.25) is 0 Å². The van der Waals surface area contributed by atoms with Gasteiger partial charge in [0.1, 0.15) is 5.54 Å². The average Bonchev–Trinajstić information content (AvgIpc) is 2.38. The Morgan fingerprint density at radius 2 is 2.18 bits per heavy atom. The maximum atomic E-state index is 11.8. The molecule has 2 atom stereocenters. The zero-order valence-electron chi connectivity index (χ0n) is 11.0. The molecule has 5 heteroatoms. The molecule has 0 radical (unpaired) electrons. The van der Waals surface area contributed by atoms with Crippen LogP contribution in [0.15, 0.2) is 0 Å². The van der Waals surface area contributed by atoms with Gasteiger partial charge in [0.15, 0.2) is 0 Å². The molecule has 100 valence electrons. The largest absolute Gasteiger partial charge is 0.468 e. The number of carbonyl (C=O) groups excluding carboxylic acids is 1. The molecule has 17 heavy (non-hydrogen) atoms. The highest BCUT2D eigenvalue weighted by Crippen LogP contribution is 2.30. The predicted molar refractivity (Wildman–Crippen MR) is 63.9 cm³/mol. The second-order valence-electron chi connectivity index (χ2n) is 4.41. The fraction of sp³-hybridized carbons (Fsp3) is 0.917.